The standard InChI is InChI=1S/C53H58N4O6S/c1-38-16-26-48(27-17-38)64(60,61)55-49(33-40-10-5-3-6-11-40)52(59)54-34-43-14-9-15-47(32-43)44-22-24-46(25-23-44)53-62-50(39(2)51(63-53)45-20-18-42(37-58)19-21-45)36-57-30-28-56(29-31-57)35-41-12-7-4-8-13-41/h3-27,32,39,49-51,53,55,58H,28-31,33-37H2,1-2H3,(H,54,59)/t39-,49-,50+,51+,53+/m1/s1. The largest absolute Gasteiger partial charge is 0.392 e. The van der Waals surface area contributed by atoms with E-state index < -0.39 is 28.3 Å². The second kappa shape index (κ2) is 21.0. The van der Waals surface area contributed by atoms with E-state index in [1.165, 1.54) is 5.56 Å². The Labute approximate surface area is 377 Å². The Kier molecular flexibility index (Phi) is 14.8. The van der Waals surface area contributed by atoms with Crippen molar-refractivity contribution >= 4 is 15.9 Å². The Balaban J connectivity index is 0.937. The zero-order chi connectivity index (χ0) is 44.5. The lowest BCUT2D eigenvalue weighted by Gasteiger charge is -2.44. The average molecular weight is 879 g/mol. The van der Waals surface area contributed by atoms with Crippen molar-refractivity contribution in [1.82, 2.24) is 19.8 Å². The zero-order valence-corrected chi connectivity index (χ0v) is 37.4. The van der Waals surface area contributed by atoms with Crippen molar-refractivity contribution in [3.63, 3.8) is 0 Å². The second-order valence-corrected chi connectivity index (χ2v) is 18.8. The Bertz CT molecular complexity index is 2530. The van der Waals surface area contributed by atoms with Gasteiger partial charge in [-0.15, -0.1) is 0 Å². The maximum absolute atomic E-state index is 13.7. The maximum Gasteiger partial charge on any atom is 0.241 e. The molecule has 6 aromatic carbocycles. The van der Waals surface area contributed by atoms with E-state index in [-0.39, 0.29) is 42.6 Å². The van der Waals surface area contributed by atoms with Gasteiger partial charge in [-0.2, -0.15) is 4.72 Å². The Hall–Kier alpha value is -5.50. The van der Waals surface area contributed by atoms with E-state index in [1.54, 1.807) is 24.3 Å². The number of hydrogen-bond donors (Lipinski definition) is 3. The highest BCUT2D eigenvalue weighted by molar-refractivity contribution is 7.89. The Morgan fingerprint density at radius 2 is 1.31 bits per heavy atom. The molecule has 0 aromatic heterocycles. The lowest BCUT2D eigenvalue weighted by Crippen LogP contribution is -2.51. The van der Waals surface area contributed by atoms with Gasteiger partial charge in [0, 0.05) is 57.3 Å². The number of sulfonamides is 1. The van der Waals surface area contributed by atoms with Gasteiger partial charge >= 0.3 is 0 Å². The predicted octanol–water partition coefficient (Wildman–Crippen LogP) is 7.97. The van der Waals surface area contributed by atoms with Crippen LogP contribution in [0.25, 0.3) is 11.1 Å². The van der Waals surface area contributed by atoms with Crippen molar-refractivity contribution in [3.05, 3.63) is 197 Å². The quantitative estimate of drug-likeness (QED) is 0.0897. The van der Waals surface area contributed by atoms with Crippen LogP contribution < -0.4 is 10.0 Å². The number of piperazine rings is 1. The number of nitrogens with zero attached hydrogens (tertiary/aromatic N) is 2. The molecular formula is C53H58N4O6S. The third-order valence-electron chi connectivity index (χ3n) is 12.4. The van der Waals surface area contributed by atoms with Gasteiger partial charge in [-0.05, 0) is 70.5 Å². The van der Waals surface area contributed by atoms with Gasteiger partial charge in [-0.1, -0.05) is 152 Å². The van der Waals surface area contributed by atoms with E-state index in [2.05, 4.69) is 93.5 Å². The van der Waals surface area contributed by atoms with Gasteiger partial charge in [0.05, 0.1) is 23.7 Å². The smallest absolute Gasteiger partial charge is 0.241 e. The normalized spacial score (nSPS) is 20.1. The molecule has 6 aromatic rings. The van der Waals surface area contributed by atoms with Gasteiger partial charge in [0.2, 0.25) is 15.9 Å². The highest BCUT2D eigenvalue weighted by Crippen LogP contribution is 2.42. The molecular weight excluding hydrogens is 821 g/mol. The van der Waals surface area contributed by atoms with Crippen molar-refractivity contribution in [2.75, 3.05) is 32.7 Å². The number of hydrogen-bond acceptors (Lipinski definition) is 8. The monoisotopic (exact) mass is 878 g/mol. The van der Waals surface area contributed by atoms with Crippen molar-refractivity contribution in [3.8, 4) is 11.1 Å². The van der Waals surface area contributed by atoms with Gasteiger partial charge in [0.15, 0.2) is 6.29 Å². The Morgan fingerprint density at radius 3 is 1.98 bits per heavy atom. The minimum atomic E-state index is -3.96. The molecule has 0 radical (unpaired) electrons. The molecule has 2 aliphatic heterocycles. The van der Waals surface area contributed by atoms with Crippen molar-refractivity contribution in [1.29, 1.82) is 0 Å². The Morgan fingerprint density at radius 1 is 0.688 bits per heavy atom. The summed E-state index contributed by atoms with van der Waals surface area (Å²) in [6, 6.07) is 49.9. The number of carbonyl (C=O) groups excluding carboxylic acids is 1. The van der Waals surface area contributed by atoms with E-state index in [4.69, 9.17) is 9.47 Å². The molecule has 0 bridgehead atoms. The molecule has 1 amide bonds. The number of nitrogens with one attached hydrogen (secondary N) is 2. The lowest BCUT2D eigenvalue weighted by atomic mass is 9.89. The highest BCUT2D eigenvalue weighted by Gasteiger charge is 2.39. The minimum Gasteiger partial charge on any atom is -0.392 e. The molecule has 0 saturated carbocycles. The van der Waals surface area contributed by atoms with Crippen LogP contribution in [-0.2, 0) is 50.4 Å². The first-order valence-electron chi connectivity index (χ1n) is 22.2. The molecule has 0 spiro atoms. The molecule has 0 unspecified atom stereocenters. The van der Waals surface area contributed by atoms with Crippen LogP contribution in [0.4, 0.5) is 0 Å². The number of benzene rings is 6. The van der Waals surface area contributed by atoms with Crippen molar-refractivity contribution in [2.45, 2.75) is 69.4 Å². The first kappa shape index (κ1) is 45.1. The molecule has 2 aliphatic rings. The van der Waals surface area contributed by atoms with Crippen LogP contribution in [0.2, 0.25) is 0 Å². The van der Waals surface area contributed by atoms with Gasteiger partial charge in [0.1, 0.15) is 6.04 Å². The van der Waals surface area contributed by atoms with Crippen LogP contribution in [0.5, 0.6) is 0 Å². The van der Waals surface area contributed by atoms with Crippen LogP contribution in [0.3, 0.4) is 0 Å². The summed E-state index contributed by atoms with van der Waals surface area (Å²) in [5.41, 5.74) is 8.82. The van der Waals surface area contributed by atoms with Gasteiger partial charge in [-0.25, -0.2) is 8.42 Å². The number of aliphatic hydroxyl groups is 1. The first-order chi connectivity index (χ1) is 31.1. The molecule has 3 N–H and O–H groups in total. The number of aryl methyl sites for hydroxylation is 1. The molecule has 11 heteroatoms. The number of rotatable bonds is 16. The first-order valence-corrected chi connectivity index (χ1v) is 23.7. The molecule has 2 saturated heterocycles. The topological polar surface area (TPSA) is 120 Å². The summed E-state index contributed by atoms with van der Waals surface area (Å²) < 4.78 is 43.1. The van der Waals surface area contributed by atoms with E-state index in [0.29, 0.717) is 0 Å². The van der Waals surface area contributed by atoms with Gasteiger partial charge < -0.3 is 19.9 Å². The summed E-state index contributed by atoms with van der Waals surface area (Å²) in [6.07, 6.45) is -0.654. The number of amides is 1. The fraction of sp³-hybridized carbons (Fsp3) is 0.302. The number of ether oxygens (including phenoxy) is 2. The van der Waals surface area contributed by atoms with Gasteiger partial charge in [0.25, 0.3) is 0 Å². The van der Waals surface area contributed by atoms with E-state index in [9.17, 15) is 18.3 Å². The molecule has 2 heterocycles. The molecule has 8 rings (SSSR count). The van der Waals surface area contributed by atoms with Gasteiger partial charge in [-0.3, -0.25) is 14.6 Å². The van der Waals surface area contributed by atoms with Crippen LogP contribution in [0.15, 0.2) is 163 Å². The summed E-state index contributed by atoms with van der Waals surface area (Å²) in [5.74, 6) is -0.328. The summed E-state index contributed by atoms with van der Waals surface area (Å²) in [5, 5.41) is 12.7. The number of carbonyl (C=O) groups is 1. The third kappa shape index (κ3) is 11.6. The lowest BCUT2D eigenvalue weighted by molar-refractivity contribution is -0.276. The molecule has 332 valence electrons. The van der Waals surface area contributed by atoms with Crippen LogP contribution in [-0.4, -0.2) is 74.1 Å². The highest BCUT2D eigenvalue weighted by atomic mass is 32.2. The van der Waals surface area contributed by atoms with Crippen LogP contribution in [0.1, 0.15) is 58.3 Å². The molecule has 5 atom stereocenters. The fourth-order valence-electron chi connectivity index (χ4n) is 8.57. The third-order valence-corrected chi connectivity index (χ3v) is 13.9. The fourth-order valence-corrected chi connectivity index (χ4v) is 9.77. The summed E-state index contributed by atoms with van der Waals surface area (Å²) in [6.45, 7) is 10.0. The van der Waals surface area contributed by atoms with Crippen LogP contribution >= 0.6 is 0 Å². The maximum atomic E-state index is 13.7. The van der Waals surface area contributed by atoms with E-state index in [0.717, 1.165) is 83.8 Å². The molecule has 2 fully saturated rings. The summed E-state index contributed by atoms with van der Waals surface area (Å²) in [7, 11) is -3.96. The molecule has 0 aliphatic carbocycles. The second-order valence-electron chi connectivity index (χ2n) is 17.1. The van der Waals surface area contributed by atoms with E-state index >= 15 is 0 Å². The number of aliphatic hydroxyl groups excluding tert-OH is 1. The van der Waals surface area contributed by atoms with Crippen molar-refractivity contribution in [2.24, 2.45) is 5.92 Å². The molecule has 64 heavy (non-hydrogen) atoms. The average Bonchev–Trinajstić information content (AvgIpc) is 3.33. The predicted molar refractivity (Wildman–Crippen MR) is 250 cm³/mol. The van der Waals surface area contributed by atoms with E-state index in [1.807, 2.05) is 73.7 Å². The zero-order valence-electron chi connectivity index (χ0n) is 36.6. The van der Waals surface area contributed by atoms with Crippen molar-refractivity contribution < 1.29 is 27.8 Å². The summed E-state index contributed by atoms with van der Waals surface area (Å²) >= 11 is 0. The van der Waals surface area contributed by atoms with Crippen LogP contribution in [0, 0.1) is 12.8 Å². The summed E-state index contributed by atoms with van der Waals surface area (Å²) in [4.78, 5) is 18.9. The minimum absolute atomic E-state index is 0.00995. The SMILES string of the molecule is Cc1ccc(S(=O)(=O)N[C@H](Cc2ccccc2)C(=O)NCc2cccc(-c3ccc([C@H]4O[C@@H](CN5CCN(Cc6ccccc6)CC5)[C@@H](C)[C@@H](c5ccc(CO)cc5)O4)cc3)c2)cc1. The molecule has 10 nitrogen and oxygen atoms in total.